The maximum absolute atomic E-state index is 13.2. The monoisotopic (exact) mass is 478 g/mol. The highest BCUT2D eigenvalue weighted by Gasteiger charge is 2.28. The molecule has 7 heteroatoms. The Kier molecular flexibility index (Phi) is 8.60. The summed E-state index contributed by atoms with van der Waals surface area (Å²) in [6.45, 7) is 6.63. The van der Waals surface area contributed by atoms with E-state index in [1.807, 2.05) is 74.5 Å². The predicted molar refractivity (Wildman–Crippen MR) is 136 cm³/mol. The number of benzene rings is 2. The fourth-order valence-electron chi connectivity index (χ4n) is 3.97. The number of ether oxygens (including phenoxy) is 1. The quantitative estimate of drug-likeness (QED) is 0.413. The van der Waals surface area contributed by atoms with Crippen LogP contribution in [0.2, 0.25) is 0 Å². The normalized spacial score (nSPS) is 10.7. The molecule has 3 rings (SSSR count). The Morgan fingerprint density at radius 2 is 1.47 bits per heavy atom. The number of thiophene rings is 1. The van der Waals surface area contributed by atoms with Crippen LogP contribution in [-0.2, 0) is 9.53 Å². The number of hydrogen-bond donors (Lipinski definition) is 1. The molecule has 0 bridgehead atoms. The zero-order chi connectivity index (χ0) is 24.7. The van der Waals surface area contributed by atoms with Crippen molar-refractivity contribution in [3.63, 3.8) is 0 Å². The lowest BCUT2D eigenvalue weighted by molar-refractivity contribution is -0.116. The first-order valence-electron chi connectivity index (χ1n) is 11.3. The number of carbonyl (C=O) groups is 3. The van der Waals surface area contributed by atoms with Gasteiger partial charge in [0.15, 0.2) is 0 Å². The van der Waals surface area contributed by atoms with Gasteiger partial charge in [-0.05, 0) is 37.5 Å². The molecule has 6 nitrogen and oxygen atoms in total. The van der Waals surface area contributed by atoms with E-state index in [0.29, 0.717) is 28.5 Å². The van der Waals surface area contributed by atoms with Crippen LogP contribution in [0, 0.1) is 6.92 Å². The van der Waals surface area contributed by atoms with Crippen LogP contribution in [-0.4, -0.2) is 42.9 Å². The largest absolute Gasteiger partial charge is 0.465 e. The molecule has 0 aliphatic rings. The topological polar surface area (TPSA) is 75.7 Å². The van der Waals surface area contributed by atoms with Gasteiger partial charge in [0, 0.05) is 25.4 Å². The molecular weight excluding hydrogens is 448 g/mol. The molecule has 0 aliphatic carbocycles. The fourth-order valence-corrected chi connectivity index (χ4v) is 5.15. The van der Waals surface area contributed by atoms with Crippen molar-refractivity contribution in [2.24, 2.45) is 0 Å². The minimum atomic E-state index is -0.578. The number of nitrogens with zero attached hydrogens (tertiary/aromatic N) is 1. The molecule has 1 aromatic heterocycles. The third kappa shape index (κ3) is 5.54. The molecule has 34 heavy (non-hydrogen) atoms. The van der Waals surface area contributed by atoms with Crippen molar-refractivity contribution >= 4 is 34.1 Å². The zero-order valence-corrected chi connectivity index (χ0v) is 20.8. The third-order valence-corrected chi connectivity index (χ3v) is 7.02. The highest BCUT2D eigenvalue weighted by molar-refractivity contribution is 7.18. The van der Waals surface area contributed by atoms with Gasteiger partial charge in [-0.15, -0.1) is 11.3 Å². The summed E-state index contributed by atoms with van der Waals surface area (Å²) >= 11 is 1.12. The predicted octanol–water partition coefficient (Wildman–Crippen LogP) is 5.49. The Balaban J connectivity index is 1.93. The Hall–Kier alpha value is -3.45. The number of nitrogens with one attached hydrogen (secondary N) is 1. The van der Waals surface area contributed by atoms with Crippen LogP contribution >= 0.6 is 11.3 Å². The summed E-state index contributed by atoms with van der Waals surface area (Å²) in [7, 11) is 1.29. The van der Waals surface area contributed by atoms with E-state index in [4.69, 9.17) is 4.74 Å². The minimum Gasteiger partial charge on any atom is -0.465 e. The molecule has 1 heterocycles. The molecule has 0 unspecified atom stereocenters. The Bertz CT molecular complexity index is 1100. The van der Waals surface area contributed by atoms with Crippen molar-refractivity contribution in [2.75, 3.05) is 25.5 Å². The second kappa shape index (κ2) is 11.6. The SMILES string of the molecule is CCN(CC)C(=O)c1sc(NC(=O)CC(c2ccccc2)c2ccccc2)c(C(=O)OC)c1C. The van der Waals surface area contributed by atoms with Gasteiger partial charge < -0.3 is 15.0 Å². The van der Waals surface area contributed by atoms with Gasteiger partial charge in [0.1, 0.15) is 5.00 Å². The molecule has 2 aromatic carbocycles. The summed E-state index contributed by atoms with van der Waals surface area (Å²) in [4.78, 5) is 40.9. The van der Waals surface area contributed by atoms with E-state index >= 15 is 0 Å². The van der Waals surface area contributed by atoms with Crippen molar-refractivity contribution in [3.8, 4) is 0 Å². The first kappa shape index (κ1) is 25.2. The van der Waals surface area contributed by atoms with E-state index in [1.54, 1.807) is 11.8 Å². The highest BCUT2D eigenvalue weighted by Crippen LogP contribution is 2.35. The second-order valence-corrected chi connectivity index (χ2v) is 8.88. The molecule has 0 spiro atoms. The van der Waals surface area contributed by atoms with Crippen LogP contribution in [0.3, 0.4) is 0 Å². The molecule has 0 saturated heterocycles. The highest BCUT2D eigenvalue weighted by atomic mass is 32.1. The average molecular weight is 479 g/mol. The van der Waals surface area contributed by atoms with Crippen molar-refractivity contribution in [1.82, 2.24) is 4.90 Å². The Morgan fingerprint density at radius 1 is 0.941 bits per heavy atom. The van der Waals surface area contributed by atoms with E-state index in [1.165, 1.54) is 7.11 Å². The van der Waals surface area contributed by atoms with Crippen molar-refractivity contribution in [1.29, 1.82) is 0 Å². The van der Waals surface area contributed by atoms with E-state index < -0.39 is 5.97 Å². The first-order chi connectivity index (χ1) is 16.4. The molecule has 0 atom stereocenters. The van der Waals surface area contributed by atoms with E-state index in [9.17, 15) is 14.4 Å². The lowest BCUT2D eigenvalue weighted by atomic mass is 9.88. The number of esters is 1. The minimum absolute atomic E-state index is 0.151. The smallest absolute Gasteiger partial charge is 0.341 e. The summed E-state index contributed by atoms with van der Waals surface area (Å²) in [5.74, 6) is -1.14. The average Bonchev–Trinajstić information content (AvgIpc) is 3.19. The van der Waals surface area contributed by atoms with Crippen LogP contribution in [0.15, 0.2) is 60.7 Å². The molecular formula is C27H30N2O4S. The molecule has 0 fully saturated rings. The molecule has 3 aromatic rings. The summed E-state index contributed by atoms with van der Waals surface area (Å²) in [5, 5.41) is 3.23. The molecule has 0 saturated carbocycles. The van der Waals surface area contributed by atoms with Gasteiger partial charge in [-0.1, -0.05) is 60.7 Å². The number of amides is 2. The van der Waals surface area contributed by atoms with Crippen LogP contribution in [0.5, 0.6) is 0 Å². The molecule has 0 aliphatic heterocycles. The summed E-state index contributed by atoms with van der Waals surface area (Å²) in [6.07, 6.45) is 0.185. The van der Waals surface area contributed by atoms with Gasteiger partial charge in [0.2, 0.25) is 5.91 Å². The summed E-state index contributed by atoms with van der Waals surface area (Å²) in [5.41, 5.74) is 2.80. The van der Waals surface area contributed by atoms with Crippen LogP contribution < -0.4 is 5.32 Å². The van der Waals surface area contributed by atoms with Crippen molar-refractivity contribution in [3.05, 3.63) is 87.8 Å². The van der Waals surface area contributed by atoms with Crippen molar-refractivity contribution < 1.29 is 19.1 Å². The number of rotatable bonds is 9. The molecule has 178 valence electrons. The van der Waals surface area contributed by atoms with E-state index in [2.05, 4.69) is 5.32 Å². The fraction of sp³-hybridized carbons (Fsp3) is 0.296. The molecule has 2 amide bonds. The van der Waals surface area contributed by atoms with Crippen molar-refractivity contribution in [2.45, 2.75) is 33.1 Å². The zero-order valence-electron chi connectivity index (χ0n) is 20.0. The van der Waals surface area contributed by atoms with Gasteiger partial charge in [0.25, 0.3) is 5.91 Å². The molecule has 1 N–H and O–H groups in total. The van der Waals surface area contributed by atoms with Gasteiger partial charge in [-0.3, -0.25) is 9.59 Å². The van der Waals surface area contributed by atoms with Gasteiger partial charge >= 0.3 is 5.97 Å². The van der Waals surface area contributed by atoms with Crippen LogP contribution in [0.1, 0.15) is 62.9 Å². The standard InChI is InChI=1S/C27H30N2O4S/c1-5-29(6-2)26(31)24-18(3)23(27(32)33-4)25(34-24)28-22(30)17-21(19-13-9-7-10-14-19)20-15-11-8-12-16-20/h7-16,21H,5-6,17H2,1-4H3,(H,28,30). The van der Waals surface area contributed by atoms with Gasteiger partial charge in [-0.2, -0.15) is 0 Å². The van der Waals surface area contributed by atoms with Crippen LogP contribution in [0.25, 0.3) is 0 Å². The maximum atomic E-state index is 13.2. The second-order valence-electron chi connectivity index (χ2n) is 7.86. The number of methoxy groups -OCH3 is 1. The maximum Gasteiger partial charge on any atom is 0.341 e. The lowest BCUT2D eigenvalue weighted by Gasteiger charge is -2.18. The van der Waals surface area contributed by atoms with Crippen LogP contribution in [0.4, 0.5) is 5.00 Å². The number of anilines is 1. The Labute approximate surface area is 204 Å². The van der Waals surface area contributed by atoms with Gasteiger partial charge in [-0.25, -0.2) is 4.79 Å². The van der Waals surface area contributed by atoms with E-state index in [0.717, 1.165) is 22.5 Å². The number of hydrogen-bond acceptors (Lipinski definition) is 5. The van der Waals surface area contributed by atoms with Gasteiger partial charge in [0.05, 0.1) is 17.6 Å². The Morgan fingerprint density at radius 3 is 1.94 bits per heavy atom. The summed E-state index contributed by atoms with van der Waals surface area (Å²) in [6, 6.07) is 19.7. The summed E-state index contributed by atoms with van der Waals surface area (Å²) < 4.78 is 4.96. The van der Waals surface area contributed by atoms with E-state index in [-0.39, 0.29) is 29.7 Å². The molecule has 0 radical (unpaired) electrons. The number of carbonyl (C=O) groups excluding carboxylic acids is 3. The first-order valence-corrected chi connectivity index (χ1v) is 12.1. The lowest BCUT2D eigenvalue weighted by Crippen LogP contribution is -2.30. The third-order valence-electron chi connectivity index (χ3n) is 5.83.